The fraction of sp³-hybridized carbons (Fsp3) is 0.500. The third-order valence-corrected chi connectivity index (χ3v) is 5.63. The highest BCUT2D eigenvalue weighted by atomic mass is 32.2. The van der Waals surface area contributed by atoms with Crippen molar-refractivity contribution in [2.24, 2.45) is 0 Å². The van der Waals surface area contributed by atoms with Crippen molar-refractivity contribution in [3.05, 3.63) is 29.8 Å². The van der Waals surface area contributed by atoms with Crippen molar-refractivity contribution in [2.45, 2.75) is 25.3 Å². The zero-order valence-corrected chi connectivity index (χ0v) is 14.4. The molecule has 1 aromatic carbocycles. The van der Waals surface area contributed by atoms with E-state index in [1.807, 2.05) is 24.3 Å². The van der Waals surface area contributed by atoms with Gasteiger partial charge in [-0.3, -0.25) is 9.59 Å². The molecule has 1 aliphatic heterocycles. The van der Waals surface area contributed by atoms with Crippen molar-refractivity contribution in [3.63, 3.8) is 0 Å². The van der Waals surface area contributed by atoms with Gasteiger partial charge in [-0.15, -0.1) is 0 Å². The van der Waals surface area contributed by atoms with E-state index in [9.17, 15) is 18.0 Å². The first-order valence-electron chi connectivity index (χ1n) is 7.78. The van der Waals surface area contributed by atoms with Crippen LogP contribution in [-0.2, 0) is 25.8 Å². The van der Waals surface area contributed by atoms with Crippen molar-refractivity contribution in [1.29, 1.82) is 0 Å². The molecule has 0 aromatic heterocycles. The number of nitrogens with one attached hydrogen (secondary N) is 2. The predicted molar refractivity (Wildman–Crippen MR) is 89.5 cm³/mol. The molecular weight excluding hydrogens is 332 g/mol. The van der Waals surface area contributed by atoms with E-state index in [2.05, 4.69) is 10.6 Å². The highest BCUT2D eigenvalue weighted by Crippen LogP contribution is 2.18. The van der Waals surface area contributed by atoms with Gasteiger partial charge in [0.2, 0.25) is 11.8 Å². The van der Waals surface area contributed by atoms with Crippen LogP contribution in [-0.4, -0.2) is 51.4 Å². The Morgan fingerprint density at radius 2 is 2.00 bits per heavy atom. The Bertz CT molecular complexity index is 702. The van der Waals surface area contributed by atoms with Crippen molar-refractivity contribution in [3.8, 4) is 5.75 Å². The molecule has 1 saturated heterocycles. The van der Waals surface area contributed by atoms with Crippen LogP contribution in [0, 0.1) is 0 Å². The summed E-state index contributed by atoms with van der Waals surface area (Å²) in [5.41, 5.74) is 0.927. The summed E-state index contributed by atoms with van der Waals surface area (Å²) >= 11 is 0. The first kappa shape index (κ1) is 18.3. The molecule has 1 atom stereocenters. The van der Waals surface area contributed by atoms with E-state index in [-0.39, 0.29) is 42.3 Å². The number of para-hydroxylation sites is 1. The van der Waals surface area contributed by atoms with E-state index in [0.29, 0.717) is 12.8 Å². The maximum Gasteiger partial charge on any atom is 0.239 e. The summed E-state index contributed by atoms with van der Waals surface area (Å²) < 4.78 is 27.9. The molecule has 7 nitrogen and oxygen atoms in total. The first-order chi connectivity index (χ1) is 11.4. The Kier molecular flexibility index (Phi) is 6.19. The van der Waals surface area contributed by atoms with Gasteiger partial charge in [0.05, 0.1) is 25.2 Å². The van der Waals surface area contributed by atoms with E-state index >= 15 is 0 Å². The second kappa shape index (κ2) is 8.14. The maximum atomic E-state index is 11.8. The molecule has 0 radical (unpaired) electrons. The summed E-state index contributed by atoms with van der Waals surface area (Å²) in [6.07, 6.45) is 1.18. The minimum atomic E-state index is -3.03. The average Bonchev–Trinajstić information content (AvgIpc) is 2.89. The number of rotatable bonds is 7. The highest BCUT2D eigenvalue weighted by molar-refractivity contribution is 7.91. The summed E-state index contributed by atoms with van der Waals surface area (Å²) in [5, 5.41) is 5.17. The lowest BCUT2D eigenvalue weighted by Crippen LogP contribution is -2.42. The fourth-order valence-electron chi connectivity index (χ4n) is 2.61. The van der Waals surface area contributed by atoms with Gasteiger partial charge in [-0.05, 0) is 24.5 Å². The third-order valence-electron chi connectivity index (χ3n) is 3.86. The van der Waals surface area contributed by atoms with Crippen LogP contribution in [0.25, 0.3) is 0 Å². The summed E-state index contributed by atoms with van der Waals surface area (Å²) in [7, 11) is -1.46. The Balaban J connectivity index is 1.70. The Morgan fingerprint density at radius 1 is 1.25 bits per heavy atom. The SMILES string of the molecule is COc1ccccc1CCC(=O)NCC(=O)NC1CCS(=O)(=O)C1. The molecule has 8 heteroatoms. The van der Waals surface area contributed by atoms with Crippen LogP contribution in [0.5, 0.6) is 5.75 Å². The van der Waals surface area contributed by atoms with E-state index in [1.54, 1.807) is 7.11 Å². The lowest BCUT2D eigenvalue weighted by Gasteiger charge is -2.12. The lowest BCUT2D eigenvalue weighted by atomic mass is 10.1. The minimum Gasteiger partial charge on any atom is -0.496 e. The number of carbonyl (C=O) groups is 2. The zero-order valence-electron chi connectivity index (χ0n) is 13.6. The molecule has 1 heterocycles. The molecular formula is C16H22N2O5S. The molecule has 2 amide bonds. The number of hydrogen-bond acceptors (Lipinski definition) is 5. The van der Waals surface area contributed by atoms with E-state index in [4.69, 9.17) is 4.74 Å². The molecule has 1 unspecified atom stereocenters. The second-order valence-electron chi connectivity index (χ2n) is 5.76. The van der Waals surface area contributed by atoms with E-state index in [0.717, 1.165) is 11.3 Å². The summed E-state index contributed by atoms with van der Waals surface area (Å²) in [4.78, 5) is 23.6. The highest BCUT2D eigenvalue weighted by Gasteiger charge is 2.28. The molecule has 0 aliphatic carbocycles. The molecule has 2 N–H and O–H groups in total. The molecule has 24 heavy (non-hydrogen) atoms. The van der Waals surface area contributed by atoms with Crippen LogP contribution in [0.1, 0.15) is 18.4 Å². The largest absolute Gasteiger partial charge is 0.496 e. The number of benzene rings is 1. The third kappa shape index (κ3) is 5.52. The fourth-order valence-corrected chi connectivity index (χ4v) is 4.29. The Hall–Kier alpha value is -2.09. The van der Waals surface area contributed by atoms with Gasteiger partial charge in [-0.1, -0.05) is 18.2 Å². The smallest absolute Gasteiger partial charge is 0.239 e. The van der Waals surface area contributed by atoms with Gasteiger partial charge in [-0.2, -0.15) is 0 Å². The van der Waals surface area contributed by atoms with Crippen molar-refractivity contribution in [1.82, 2.24) is 10.6 Å². The zero-order chi connectivity index (χ0) is 17.6. The monoisotopic (exact) mass is 354 g/mol. The van der Waals surface area contributed by atoms with Gasteiger partial charge < -0.3 is 15.4 Å². The standard InChI is InChI=1S/C16H22N2O5S/c1-23-14-5-3-2-4-12(14)6-7-15(19)17-10-16(20)18-13-8-9-24(21,22)11-13/h2-5,13H,6-11H2,1H3,(H,17,19)(H,18,20). The number of ether oxygens (including phenoxy) is 1. The lowest BCUT2D eigenvalue weighted by molar-refractivity contribution is -0.126. The topological polar surface area (TPSA) is 102 Å². The molecule has 0 bridgehead atoms. The van der Waals surface area contributed by atoms with Crippen LogP contribution in [0.2, 0.25) is 0 Å². The van der Waals surface area contributed by atoms with Gasteiger partial charge >= 0.3 is 0 Å². The average molecular weight is 354 g/mol. The summed E-state index contributed by atoms with van der Waals surface area (Å²) in [5.74, 6) is 0.187. The minimum absolute atomic E-state index is 0.0273. The molecule has 1 fully saturated rings. The van der Waals surface area contributed by atoms with Gasteiger partial charge in [0.1, 0.15) is 5.75 Å². The number of sulfone groups is 1. The summed E-state index contributed by atoms with van der Waals surface area (Å²) in [6.45, 7) is -0.151. The van der Waals surface area contributed by atoms with Crippen LogP contribution in [0.15, 0.2) is 24.3 Å². The molecule has 1 aliphatic rings. The normalized spacial score (nSPS) is 18.8. The van der Waals surface area contributed by atoms with Gasteiger partial charge in [0, 0.05) is 12.5 Å². The van der Waals surface area contributed by atoms with Crippen molar-refractivity contribution >= 4 is 21.7 Å². The molecule has 0 spiro atoms. The molecule has 0 saturated carbocycles. The quantitative estimate of drug-likeness (QED) is 0.720. The number of methoxy groups -OCH3 is 1. The van der Waals surface area contributed by atoms with Crippen LogP contribution < -0.4 is 15.4 Å². The molecule has 2 rings (SSSR count). The van der Waals surface area contributed by atoms with E-state index < -0.39 is 9.84 Å². The second-order valence-corrected chi connectivity index (χ2v) is 7.98. The van der Waals surface area contributed by atoms with Crippen molar-refractivity contribution in [2.75, 3.05) is 25.2 Å². The number of amides is 2. The number of hydrogen-bond donors (Lipinski definition) is 2. The number of aryl methyl sites for hydroxylation is 1. The van der Waals surface area contributed by atoms with Crippen LogP contribution >= 0.6 is 0 Å². The van der Waals surface area contributed by atoms with Gasteiger partial charge in [-0.25, -0.2) is 8.42 Å². The van der Waals surface area contributed by atoms with Gasteiger partial charge in [0.15, 0.2) is 9.84 Å². The van der Waals surface area contributed by atoms with Crippen LogP contribution in [0.3, 0.4) is 0 Å². The Labute approximate surface area is 141 Å². The van der Waals surface area contributed by atoms with E-state index in [1.165, 1.54) is 0 Å². The first-order valence-corrected chi connectivity index (χ1v) is 9.60. The maximum absolute atomic E-state index is 11.8. The Morgan fingerprint density at radius 3 is 2.67 bits per heavy atom. The summed E-state index contributed by atoms with van der Waals surface area (Å²) in [6, 6.07) is 7.10. The molecule has 132 valence electrons. The number of carbonyl (C=O) groups excluding carboxylic acids is 2. The predicted octanol–water partition coefficient (Wildman–Crippen LogP) is 0.0473. The van der Waals surface area contributed by atoms with Crippen molar-refractivity contribution < 1.29 is 22.7 Å². The molecule has 1 aromatic rings. The van der Waals surface area contributed by atoms with Crippen LogP contribution in [0.4, 0.5) is 0 Å². The van der Waals surface area contributed by atoms with Gasteiger partial charge in [0.25, 0.3) is 0 Å².